The Kier molecular flexibility index (Phi) is 3.62. The van der Waals surface area contributed by atoms with Gasteiger partial charge in [0.1, 0.15) is 5.82 Å². The van der Waals surface area contributed by atoms with Crippen LogP contribution in [0, 0.1) is 0 Å². The molecule has 0 aliphatic carbocycles. The van der Waals surface area contributed by atoms with Gasteiger partial charge in [0.05, 0.1) is 5.69 Å². The number of anilines is 1. The van der Waals surface area contributed by atoms with E-state index in [2.05, 4.69) is 22.2 Å². The quantitative estimate of drug-likeness (QED) is 0.928. The van der Waals surface area contributed by atoms with Gasteiger partial charge in [-0.2, -0.15) is 11.8 Å². The zero-order chi connectivity index (χ0) is 13.2. The number of rotatable bonds is 3. The van der Waals surface area contributed by atoms with Crippen molar-refractivity contribution in [3.8, 4) is 11.4 Å². The van der Waals surface area contributed by atoms with E-state index in [-0.39, 0.29) is 0 Å². The maximum absolute atomic E-state index is 6.04. The van der Waals surface area contributed by atoms with Crippen molar-refractivity contribution >= 4 is 29.2 Å². The van der Waals surface area contributed by atoms with Crippen molar-refractivity contribution < 1.29 is 0 Å². The van der Waals surface area contributed by atoms with Crippen molar-refractivity contribution in [2.75, 3.05) is 11.9 Å². The second kappa shape index (κ2) is 5.39. The molecule has 0 atom stereocenters. The van der Waals surface area contributed by atoms with Gasteiger partial charge in [-0.1, -0.05) is 23.7 Å². The Labute approximate surface area is 121 Å². The molecule has 3 nitrogen and oxygen atoms in total. The number of aromatic nitrogens is 2. The van der Waals surface area contributed by atoms with Crippen LogP contribution in [-0.2, 0) is 11.5 Å². The van der Waals surface area contributed by atoms with Gasteiger partial charge in [0, 0.05) is 34.2 Å². The summed E-state index contributed by atoms with van der Waals surface area (Å²) < 4.78 is 0. The fourth-order valence-electron chi connectivity index (χ4n) is 2.12. The molecular weight excluding hydrogens is 278 g/mol. The van der Waals surface area contributed by atoms with Crippen molar-refractivity contribution in [1.29, 1.82) is 0 Å². The molecular formula is C14H14ClN3S. The molecule has 0 spiro atoms. The highest BCUT2D eigenvalue weighted by Crippen LogP contribution is 2.34. The van der Waals surface area contributed by atoms with Crippen molar-refractivity contribution in [3.63, 3.8) is 0 Å². The van der Waals surface area contributed by atoms with Crippen molar-refractivity contribution in [2.24, 2.45) is 0 Å². The molecule has 0 fully saturated rings. The molecule has 1 aromatic carbocycles. The Balaban J connectivity index is 2.10. The number of nitrogens with zero attached hydrogens (tertiary/aromatic N) is 2. The van der Waals surface area contributed by atoms with E-state index in [9.17, 15) is 0 Å². The van der Waals surface area contributed by atoms with Crippen molar-refractivity contribution in [3.05, 3.63) is 40.5 Å². The zero-order valence-electron chi connectivity index (χ0n) is 10.6. The molecule has 0 amide bonds. The molecule has 1 aliphatic heterocycles. The van der Waals surface area contributed by atoms with Crippen LogP contribution in [0.2, 0.25) is 5.02 Å². The monoisotopic (exact) mass is 291 g/mol. The summed E-state index contributed by atoms with van der Waals surface area (Å²) in [4.78, 5) is 9.33. The average Bonchev–Trinajstić information content (AvgIpc) is 2.87. The highest BCUT2D eigenvalue weighted by molar-refractivity contribution is 7.98. The minimum atomic E-state index is 0.709. The van der Waals surface area contributed by atoms with Crippen LogP contribution in [0.15, 0.2) is 24.3 Å². The number of fused-ring (bicyclic) bond motifs is 1. The second-order valence-corrected chi connectivity index (χ2v) is 5.78. The first-order chi connectivity index (χ1) is 9.28. The summed E-state index contributed by atoms with van der Waals surface area (Å²) in [7, 11) is 0. The Morgan fingerprint density at radius 1 is 1.32 bits per heavy atom. The molecule has 1 aliphatic rings. The summed E-state index contributed by atoms with van der Waals surface area (Å²) in [5.74, 6) is 3.67. The Hall–Kier alpha value is -1.26. The molecule has 3 rings (SSSR count). The molecule has 0 saturated heterocycles. The highest BCUT2D eigenvalue weighted by atomic mass is 35.5. The Morgan fingerprint density at radius 3 is 3.00 bits per heavy atom. The summed E-state index contributed by atoms with van der Waals surface area (Å²) in [5.41, 5.74) is 3.36. The normalized spacial score (nSPS) is 13.4. The first kappa shape index (κ1) is 12.8. The summed E-state index contributed by atoms with van der Waals surface area (Å²) in [5, 5.41) is 4.04. The molecule has 0 unspecified atom stereocenters. The summed E-state index contributed by atoms with van der Waals surface area (Å²) in [6.45, 7) is 2.94. The van der Waals surface area contributed by atoms with Crippen LogP contribution < -0.4 is 5.32 Å². The van der Waals surface area contributed by atoms with Crippen LogP contribution in [0.4, 0.5) is 5.82 Å². The fourth-order valence-corrected chi connectivity index (χ4v) is 3.35. The van der Waals surface area contributed by atoms with E-state index < -0.39 is 0 Å². The van der Waals surface area contributed by atoms with Crippen LogP contribution >= 0.6 is 23.4 Å². The molecule has 0 radical (unpaired) electrons. The summed E-state index contributed by atoms with van der Waals surface area (Å²) in [6.07, 6.45) is 0. The third-order valence-electron chi connectivity index (χ3n) is 3.00. The molecule has 2 heterocycles. The lowest BCUT2D eigenvalue weighted by Gasteiger charge is -2.10. The van der Waals surface area contributed by atoms with Gasteiger partial charge in [0.25, 0.3) is 0 Å². The van der Waals surface area contributed by atoms with Crippen LogP contribution in [-0.4, -0.2) is 16.5 Å². The summed E-state index contributed by atoms with van der Waals surface area (Å²) in [6, 6.07) is 7.68. The lowest BCUT2D eigenvalue weighted by molar-refractivity contribution is 1.05. The van der Waals surface area contributed by atoms with Crippen molar-refractivity contribution in [1.82, 2.24) is 9.97 Å². The number of benzene rings is 1. The minimum absolute atomic E-state index is 0.709. The average molecular weight is 292 g/mol. The van der Waals surface area contributed by atoms with Gasteiger partial charge in [-0.15, -0.1) is 0 Å². The molecule has 5 heteroatoms. The Bertz CT molecular complexity index is 616. The largest absolute Gasteiger partial charge is 0.370 e. The van der Waals surface area contributed by atoms with Gasteiger partial charge in [0.15, 0.2) is 5.82 Å². The Morgan fingerprint density at radius 2 is 2.21 bits per heavy atom. The van der Waals surface area contributed by atoms with Gasteiger partial charge in [-0.05, 0) is 19.1 Å². The topological polar surface area (TPSA) is 37.8 Å². The number of thioether (sulfide) groups is 1. The SMILES string of the molecule is CCNc1nc(-c2cccc(Cl)c2)nc2c1CSC2. The number of halogens is 1. The maximum Gasteiger partial charge on any atom is 0.161 e. The number of hydrogen-bond donors (Lipinski definition) is 1. The first-order valence-electron chi connectivity index (χ1n) is 6.25. The van der Waals surface area contributed by atoms with E-state index in [4.69, 9.17) is 11.6 Å². The fraction of sp³-hybridized carbons (Fsp3) is 0.286. The maximum atomic E-state index is 6.04. The van der Waals surface area contributed by atoms with E-state index in [1.807, 2.05) is 36.0 Å². The van der Waals surface area contributed by atoms with Crippen LogP contribution in [0.3, 0.4) is 0 Å². The van der Waals surface area contributed by atoms with Crippen LogP contribution in [0.1, 0.15) is 18.2 Å². The van der Waals surface area contributed by atoms with Gasteiger partial charge < -0.3 is 5.32 Å². The predicted molar refractivity (Wildman–Crippen MR) is 81.6 cm³/mol. The standard InChI is InChI=1S/C14H14ClN3S/c1-2-16-14-11-7-19-8-12(11)17-13(18-14)9-4-3-5-10(15)6-9/h3-6H,2,7-8H2,1H3,(H,16,17,18). The van der Waals surface area contributed by atoms with Gasteiger partial charge in [-0.3, -0.25) is 0 Å². The van der Waals surface area contributed by atoms with Gasteiger partial charge in [0.2, 0.25) is 0 Å². The molecule has 1 aromatic heterocycles. The number of hydrogen-bond acceptors (Lipinski definition) is 4. The van der Waals surface area contributed by atoms with Gasteiger partial charge in [-0.25, -0.2) is 9.97 Å². The van der Waals surface area contributed by atoms with E-state index in [0.29, 0.717) is 5.02 Å². The third kappa shape index (κ3) is 2.55. The highest BCUT2D eigenvalue weighted by Gasteiger charge is 2.19. The number of nitrogens with one attached hydrogen (secondary N) is 1. The van der Waals surface area contributed by atoms with Crippen molar-refractivity contribution in [2.45, 2.75) is 18.4 Å². The van der Waals surface area contributed by atoms with E-state index in [1.165, 1.54) is 5.56 Å². The molecule has 2 aromatic rings. The predicted octanol–water partition coefficient (Wildman–Crippen LogP) is 3.98. The molecule has 98 valence electrons. The molecule has 19 heavy (non-hydrogen) atoms. The first-order valence-corrected chi connectivity index (χ1v) is 7.78. The zero-order valence-corrected chi connectivity index (χ0v) is 12.2. The molecule has 0 saturated carbocycles. The lowest BCUT2D eigenvalue weighted by atomic mass is 10.2. The van der Waals surface area contributed by atoms with Crippen LogP contribution in [0.5, 0.6) is 0 Å². The smallest absolute Gasteiger partial charge is 0.161 e. The molecule has 1 N–H and O–H groups in total. The lowest BCUT2D eigenvalue weighted by Crippen LogP contribution is -2.06. The van der Waals surface area contributed by atoms with Gasteiger partial charge >= 0.3 is 0 Å². The van der Waals surface area contributed by atoms with E-state index >= 15 is 0 Å². The van der Waals surface area contributed by atoms with Crippen LogP contribution in [0.25, 0.3) is 11.4 Å². The van der Waals surface area contributed by atoms with E-state index in [0.717, 1.165) is 41.0 Å². The molecule has 0 bridgehead atoms. The second-order valence-electron chi connectivity index (χ2n) is 4.35. The summed E-state index contributed by atoms with van der Waals surface area (Å²) >= 11 is 7.92. The minimum Gasteiger partial charge on any atom is -0.370 e. The van der Waals surface area contributed by atoms with E-state index in [1.54, 1.807) is 0 Å². The third-order valence-corrected chi connectivity index (χ3v) is 4.21.